The van der Waals surface area contributed by atoms with Gasteiger partial charge in [0.2, 0.25) is 0 Å². The minimum absolute atomic E-state index is 0.0266. The largest absolute Gasteiger partial charge is 0.418 e. The van der Waals surface area contributed by atoms with E-state index < -0.39 is 22.4 Å². The lowest BCUT2D eigenvalue weighted by Gasteiger charge is -2.31. The molecule has 0 spiro atoms. The summed E-state index contributed by atoms with van der Waals surface area (Å²) in [4.78, 5) is 9.83. The van der Waals surface area contributed by atoms with Crippen molar-refractivity contribution < 1.29 is 18.1 Å². The first kappa shape index (κ1) is 15.6. The molecule has 2 rings (SSSR count). The molecule has 1 aliphatic rings. The van der Waals surface area contributed by atoms with Gasteiger partial charge in [-0.15, -0.1) is 0 Å². The van der Waals surface area contributed by atoms with Crippen LogP contribution in [0.15, 0.2) is 18.2 Å². The molecule has 1 saturated carbocycles. The lowest BCUT2D eigenvalue weighted by molar-refractivity contribution is -0.385. The molecular weight excluding hydrogens is 285 g/mol. The molecule has 2 atom stereocenters. The Labute approximate surface area is 120 Å². The number of nitro benzene ring substituents is 1. The number of rotatable bonds is 3. The second-order valence-corrected chi connectivity index (χ2v) is 5.50. The first-order valence-corrected chi connectivity index (χ1v) is 6.91. The smallest absolute Gasteiger partial charge is 0.382 e. The molecule has 7 heteroatoms. The average Bonchev–Trinajstić information content (AvgIpc) is 2.40. The minimum Gasteiger partial charge on any atom is -0.382 e. The van der Waals surface area contributed by atoms with Gasteiger partial charge >= 0.3 is 6.18 Å². The summed E-state index contributed by atoms with van der Waals surface area (Å²) < 4.78 is 39.2. The van der Waals surface area contributed by atoms with Crippen molar-refractivity contribution in [2.45, 2.75) is 44.8 Å². The molecular formula is C14H17F3N2O2. The van der Waals surface area contributed by atoms with E-state index in [-0.39, 0.29) is 17.6 Å². The van der Waals surface area contributed by atoms with Gasteiger partial charge in [0.25, 0.3) is 5.69 Å². The summed E-state index contributed by atoms with van der Waals surface area (Å²) >= 11 is 0. The summed E-state index contributed by atoms with van der Waals surface area (Å²) in [5.74, 6) is 0.287. The monoisotopic (exact) mass is 302 g/mol. The summed E-state index contributed by atoms with van der Waals surface area (Å²) in [5, 5.41) is 13.6. The van der Waals surface area contributed by atoms with E-state index in [0.717, 1.165) is 37.8 Å². The molecule has 0 heterocycles. The van der Waals surface area contributed by atoms with Crippen LogP contribution in [0, 0.1) is 16.0 Å². The molecule has 1 aromatic rings. The zero-order valence-electron chi connectivity index (χ0n) is 11.6. The van der Waals surface area contributed by atoms with Crippen molar-refractivity contribution in [1.82, 2.24) is 0 Å². The highest BCUT2D eigenvalue weighted by atomic mass is 19.4. The number of anilines is 1. The second kappa shape index (κ2) is 5.91. The molecule has 116 valence electrons. The number of hydrogen-bond acceptors (Lipinski definition) is 3. The molecule has 1 fully saturated rings. The summed E-state index contributed by atoms with van der Waals surface area (Å²) in [6, 6.07) is 2.82. The van der Waals surface area contributed by atoms with Crippen LogP contribution in [-0.4, -0.2) is 11.0 Å². The van der Waals surface area contributed by atoms with Gasteiger partial charge in [0.15, 0.2) is 0 Å². The number of benzene rings is 1. The Morgan fingerprint density at radius 3 is 2.52 bits per heavy atom. The Bertz CT molecular complexity index is 531. The molecule has 0 bridgehead atoms. The van der Waals surface area contributed by atoms with Gasteiger partial charge < -0.3 is 5.32 Å². The molecule has 0 aromatic heterocycles. The third-order valence-corrected chi connectivity index (χ3v) is 3.97. The quantitative estimate of drug-likeness (QED) is 0.655. The van der Waals surface area contributed by atoms with Gasteiger partial charge in [-0.05, 0) is 24.8 Å². The van der Waals surface area contributed by atoms with E-state index in [1.54, 1.807) is 0 Å². The Morgan fingerprint density at radius 2 is 1.95 bits per heavy atom. The minimum atomic E-state index is -4.62. The van der Waals surface area contributed by atoms with Crippen molar-refractivity contribution in [1.29, 1.82) is 0 Å². The van der Waals surface area contributed by atoms with E-state index in [9.17, 15) is 23.3 Å². The molecule has 1 aromatic carbocycles. The highest BCUT2D eigenvalue weighted by Crippen LogP contribution is 2.38. The lowest BCUT2D eigenvalue weighted by atomic mass is 9.85. The van der Waals surface area contributed by atoms with E-state index in [4.69, 9.17) is 0 Å². The maximum absolute atomic E-state index is 13.1. The van der Waals surface area contributed by atoms with Crippen molar-refractivity contribution >= 4 is 11.4 Å². The van der Waals surface area contributed by atoms with Crippen molar-refractivity contribution in [3.8, 4) is 0 Å². The van der Waals surface area contributed by atoms with Crippen LogP contribution in [0.1, 0.15) is 38.2 Å². The molecule has 1 aliphatic carbocycles. The highest BCUT2D eigenvalue weighted by Gasteiger charge is 2.36. The zero-order valence-corrected chi connectivity index (χ0v) is 11.6. The molecule has 0 saturated heterocycles. The lowest BCUT2D eigenvalue weighted by Crippen LogP contribution is -2.31. The first-order valence-electron chi connectivity index (χ1n) is 6.91. The predicted molar refractivity (Wildman–Crippen MR) is 73.1 cm³/mol. The van der Waals surface area contributed by atoms with Crippen LogP contribution in [-0.2, 0) is 6.18 Å². The number of nitrogens with zero attached hydrogens (tertiary/aromatic N) is 1. The average molecular weight is 302 g/mol. The summed E-state index contributed by atoms with van der Waals surface area (Å²) in [6.45, 7) is 2.01. The fraction of sp³-hybridized carbons (Fsp3) is 0.571. The van der Waals surface area contributed by atoms with E-state index >= 15 is 0 Å². The maximum Gasteiger partial charge on any atom is 0.418 e. The molecule has 0 amide bonds. The fourth-order valence-electron chi connectivity index (χ4n) is 2.74. The van der Waals surface area contributed by atoms with Crippen molar-refractivity contribution in [3.63, 3.8) is 0 Å². The van der Waals surface area contributed by atoms with Gasteiger partial charge in [-0.3, -0.25) is 10.1 Å². The summed E-state index contributed by atoms with van der Waals surface area (Å²) in [5.41, 5.74) is -1.61. The van der Waals surface area contributed by atoms with Crippen LogP contribution in [0.5, 0.6) is 0 Å². The Morgan fingerprint density at radius 1 is 1.29 bits per heavy atom. The maximum atomic E-state index is 13.1. The SMILES string of the molecule is CC1CCCCC1Nc1ccc([N+](=O)[O-])cc1C(F)(F)F. The fourth-order valence-corrected chi connectivity index (χ4v) is 2.74. The van der Waals surface area contributed by atoms with Crippen LogP contribution in [0.3, 0.4) is 0 Å². The van der Waals surface area contributed by atoms with Gasteiger partial charge in [0.1, 0.15) is 0 Å². The number of hydrogen-bond donors (Lipinski definition) is 1. The predicted octanol–water partition coefficient (Wildman–Crippen LogP) is 4.60. The van der Waals surface area contributed by atoms with Gasteiger partial charge in [-0.25, -0.2) is 0 Å². The van der Waals surface area contributed by atoms with E-state index in [0.29, 0.717) is 6.07 Å². The molecule has 4 nitrogen and oxygen atoms in total. The Hall–Kier alpha value is -1.79. The molecule has 21 heavy (non-hydrogen) atoms. The Balaban J connectivity index is 2.31. The number of halogens is 3. The molecule has 2 unspecified atom stereocenters. The second-order valence-electron chi connectivity index (χ2n) is 5.50. The van der Waals surface area contributed by atoms with Crippen LogP contribution in [0.2, 0.25) is 0 Å². The summed E-state index contributed by atoms with van der Waals surface area (Å²) in [7, 11) is 0. The number of nitrogens with one attached hydrogen (secondary N) is 1. The van der Waals surface area contributed by atoms with E-state index in [1.165, 1.54) is 0 Å². The molecule has 0 aliphatic heterocycles. The van der Waals surface area contributed by atoms with Crippen molar-refractivity contribution in [2.24, 2.45) is 5.92 Å². The molecule has 1 N–H and O–H groups in total. The van der Waals surface area contributed by atoms with Crippen LogP contribution in [0.25, 0.3) is 0 Å². The highest BCUT2D eigenvalue weighted by molar-refractivity contribution is 5.58. The van der Waals surface area contributed by atoms with Crippen LogP contribution < -0.4 is 5.32 Å². The van der Waals surface area contributed by atoms with Gasteiger partial charge in [-0.2, -0.15) is 13.2 Å². The molecule has 0 radical (unpaired) electrons. The van der Waals surface area contributed by atoms with Gasteiger partial charge in [0.05, 0.1) is 10.5 Å². The van der Waals surface area contributed by atoms with E-state index in [2.05, 4.69) is 5.32 Å². The van der Waals surface area contributed by atoms with E-state index in [1.807, 2.05) is 6.92 Å². The van der Waals surface area contributed by atoms with Crippen molar-refractivity contribution in [3.05, 3.63) is 33.9 Å². The number of nitro groups is 1. The van der Waals surface area contributed by atoms with Gasteiger partial charge in [-0.1, -0.05) is 19.8 Å². The third-order valence-electron chi connectivity index (χ3n) is 3.97. The standard InChI is InChI=1S/C14H17F3N2O2/c1-9-4-2-3-5-12(9)18-13-7-6-10(19(20)21)8-11(13)14(15,16)17/h6-9,12,18H,2-5H2,1H3. The Kier molecular flexibility index (Phi) is 4.39. The number of alkyl halides is 3. The number of non-ortho nitro benzene ring substituents is 1. The van der Waals surface area contributed by atoms with Gasteiger partial charge in [0, 0.05) is 23.9 Å². The van der Waals surface area contributed by atoms with Crippen LogP contribution in [0.4, 0.5) is 24.5 Å². The third kappa shape index (κ3) is 3.65. The van der Waals surface area contributed by atoms with Crippen LogP contribution >= 0.6 is 0 Å². The van der Waals surface area contributed by atoms with Crippen molar-refractivity contribution in [2.75, 3.05) is 5.32 Å². The summed E-state index contributed by atoms with van der Waals surface area (Å²) in [6.07, 6.45) is -0.754. The topological polar surface area (TPSA) is 55.2 Å². The normalized spacial score (nSPS) is 22.9. The first-order chi connectivity index (χ1) is 9.79. The zero-order chi connectivity index (χ0) is 15.6.